The normalized spacial score (nSPS) is 10.3. The summed E-state index contributed by atoms with van der Waals surface area (Å²) in [6.45, 7) is 2.13. The van der Waals surface area contributed by atoms with Crippen LogP contribution < -0.4 is 0 Å². The molecule has 0 radical (unpaired) electrons. The van der Waals surface area contributed by atoms with Crippen molar-refractivity contribution in [2.24, 2.45) is 0 Å². The highest BCUT2D eigenvalue weighted by Crippen LogP contribution is 2.13. The number of aromatic nitrogens is 2. The Morgan fingerprint density at radius 1 is 1.44 bits per heavy atom. The predicted molar refractivity (Wildman–Crippen MR) is 62.9 cm³/mol. The fourth-order valence-electron chi connectivity index (χ4n) is 1.73. The van der Waals surface area contributed by atoms with Gasteiger partial charge < -0.3 is 4.57 Å². The lowest BCUT2D eigenvalue weighted by Crippen LogP contribution is -2.00. The molecular formula is C13H14N2O. The number of hydrogen-bond donors (Lipinski definition) is 0. The summed E-state index contributed by atoms with van der Waals surface area (Å²) in [5.74, 6) is 1.03. The van der Waals surface area contributed by atoms with E-state index in [2.05, 4.69) is 11.9 Å². The van der Waals surface area contributed by atoms with E-state index in [0.29, 0.717) is 5.56 Å². The Morgan fingerprint density at radius 2 is 2.31 bits per heavy atom. The van der Waals surface area contributed by atoms with E-state index in [-0.39, 0.29) is 0 Å². The molecule has 0 aliphatic carbocycles. The number of carbonyl (C=O) groups is 1. The molecule has 0 saturated carbocycles. The van der Waals surface area contributed by atoms with Gasteiger partial charge in [0.2, 0.25) is 0 Å². The van der Waals surface area contributed by atoms with Gasteiger partial charge in [0.1, 0.15) is 12.1 Å². The lowest BCUT2D eigenvalue weighted by Gasteiger charge is -2.07. The van der Waals surface area contributed by atoms with Crippen LogP contribution in [0.4, 0.5) is 0 Å². The zero-order chi connectivity index (χ0) is 11.4. The van der Waals surface area contributed by atoms with Crippen molar-refractivity contribution in [3.05, 3.63) is 48.0 Å². The molecule has 0 atom stereocenters. The maximum Gasteiger partial charge on any atom is 0.150 e. The highest BCUT2D eigenvalue weighted by molar-refractivity contribution is 5.75. The van der Waals surface area contributed by atoms with E-state index in [4.69, 9.17) is 0 Å². The number of aryl methyl sites for hydroxylation is 1. The number of benzene rings is 1. The maximum atomic E-state index is 10.7. The van der Waals surface area contributed by atoms with Crippen LogP contribution in [0.3, 0.4) is 0 Å². The van der Waals surface area contributed by atoms with Crippen LogP contribution in [0, 0.1) is 0 Å². The first-order valence-electron chi connectivity index (χ1n) is 5.43. The van der Waals surface area contributed by atoms with Crippen LogP contribution in [0.2, 0.25) is 0 Å². The second kappa shape index (κ2) is 4.75. The molecule has 0 amide bonds. The Kier molecular flexibility index (Phi) is 3.15. The molecule has 0 aliphatic rings. The lowest BCUT2D eigenvalue weighted by molar-refractivity contribution is 0.112. The zero-order valence-electron chi connectivity index (χ0n) is 9.26. The van der Waals surface area contributed by atoms with E-state index in [1.54, 1.807) is 12.3 Å². The van der Waals surface area contributed by atoms with Crippen molar-refractivity contribution in [1.82, 2.24) is 9.55 Å². The molecule has 1 aromatic heterocycles. The molecule has 0 fully saturated rings. The van der Waals surface area contributed by atoms with Gasteiger partial charge in [-0.1, -0.05) is 19.1 Å². The van der Waals surface area contributed by atoms with Gasteiger partial charge in [0.15, 0.2) is 0 Å². The third-order valence-electron chi connectivity index (χ3n) is 2.48. The van der Waals surface area contributed by atoms with Crippen molar-refractivity contribution in [3.63, 3.8) is 0 Å². The molecule has 0 saturated heterocycles. The molecule has 0 aliphatic heterocycles. The smallest absolute Gasteiger partial charge is 0.150 e. The SMILES string of the molecule is CCCc1nccn1-c1cccc(C=O)c1. The highest BCUT2D eigenvalue weighted by atomic mass is 16.1. The Morgan fingerprint density at radius 3 is 3.06 bits per heavy atom. The van der Waals surface area contributed by atoms with Gasteiger partial charge in [0.25, 0.3) is 0 Å². The van der Waals surface area contributed by atoms with Crippen LogP contribution in [-0.2, 0) is 6.42 Å². The lowest BCUT2D eigenvalue weighted by atomic mass is 10.2. The van der Waals surface area contributed by atoms with Gasteiger partial charge in [-0.2, -0.15) is 0 Å². The van der Waals surface area contributed by atoms with Crippen molar-refractivity contribution in [2.75, 3.05) is 0 Å². The summed E-state index contributed by atoms with van der Waals surface area (Å²) in [5.41, 5.74) is 1.68. The Bertz CT molecular complexity index is 488. The third-order valence-corrected chi connectivity index (χ3v) is 2.48. The molecule has 3 nitrogen and oxygen atoms in total. The molecule has 2 aromatic rings. The predicted octanol–water partition coefficient (Wildman–Crippen LogP) is 2.64. The van der Waals surface area contributed by atoms with Crippen molar-refractivity contribution in [2.45, 2.75) is 19.8 Å². The Balaban J connectivity index is 2.41. The monoisotopic (exact) mass is 214 g/mol. The number of aldehydes is 1. The molecule has 0 unspecified atom stereocenters. The fraction of sp³-hybridized carbons (Fsp3) is 0.231. The largest absolute Gasteiger partial charge is 0.304 e. The van der Waals surface area contributed by atoms with Crippen LogP contribution in [0.15, 0.2) is 36.7 Å². The third kappa shape index (κ3) is 2.03. The molecule has 1 aromatic carbocycles. The summed E-state index contributed by atoms with van der Waals surface area (Å²) >= 11 is 0. The summed E-state index contributed by atoms with van der Waals surface area (Å²) in [6.07, 6.45) is 6.58. The van der Waals surface area contributed by atoms with Gasteiger partial charge >= 0.3 is 0 Å². The molecule has 0 spiro atoms. The van der Waals surface area contributed by atoms with Crippen molar-refractivity contribution >= 4 is 6.29 Å². The molecule has 2 rings (SSSR count). The molecule has 0 N–H and O–H groups in total. The fourth-order valence-corrected chi connectivity index (χ4v) is 1.73. The highest BCUT2D eigenvalue weighted by Gasteiger charge is 2.04. The first-order chi connectivity index (χ1) is 7.85. The van der Waals surface area contributed by atoms with Crippen LogP contribution >= 0.6 is 0 Å². The van der Waals surface area contributed by atoms with Gasteiger partial charge in [-0.3, -0.25) is 4.79 Å². The average Bonchev–Trinajstić information content (AvgIpc) is 2.78. The van der Waals surface area contributed by atoms with E-state index in [9.17, 15) is 4.79 Å². The summed E-state index contributed by atoms with van der Waals surface area (Å²) in [7, 11) is 0. The van der Waals surface area contributed by atoms with Crippen LogP contribution in [0.5, 0.6) is 0 Å². The number of imidazole rings is 1. The maximum absolute atomic E-state index is 10.7. The number of rotatable bonds is 4. The molecule has 0 bridgehead atoms. The molecule has 3 heteroatoms. The van der Waals surface area contributed by atoms with Crippen molar-refractivity contribution in [3.8, 4) is 5.69 Å². The van der Waals surface area contributed by atoms with Crippen LogP contribution in [0.1, 0.15) is 29.5 Å². The molecule has 1 heterocycles. The second-order valence-electron chi connectivity index (χ2n) is 3.68. The molecule has 82 valence electrons. The minimum Gasteiger partial charge on any atom is -0.304 e. The standard InChI is InChI=1S/C13H14N2O/c1-2-4-13-14-7-8-15(13)12-6-3-5-11(9-12)10-16/h3,5-10H,2,4H2,1H3. The molecule has 16 heavy (non-hydrogen) atoms. The van der Waals surface area contributed by atoms with E-state index < -0.39 is 0 Å². The van der Waals surface area contributed by atoms with Crippen molar-refractivity contribution in [1.29, 1.82) is 0 Å². The minimum atomic E-state index is 0.689. The average molecular weight is 214 g/mol. The minimum absolute atomic E-state index is 0.689. The summed E-state index contributed by atoms with van der Waals surface area (Å²) < 4.78 is 2.02. The Labute approximate surface area is 94.7 Å². The van der Waals surface area contributed by atoms with Gasteiger partial charge in [0.05, 0.1) is 0 Å². The number of nitrogens with zero attached hydrogens (tertiary/aromatic N) is 2. The topological polar surface area (TPSA) is 34.9 Å². The van der Waals surface area contributed by atoms with Gasteiger partial charge in [-0.25, -0.2) is 4.98 Å². The Hall–Kier alpha value is -1.90. The zero-order valence-corrected chi connectivity index (χ0v) is 9.26. The number of carbonyl (C=O) groups excluding carboxylic acids is 1. The van der Waals surface area contributed by atoms with Gasteiger partial charge in [-0.15, -0.1) is 0 Å². The molecular weight excluding hydrogens is 200 g/mol. The quantitative estimate of drug-likeness (QED) is 0.733. The first kappa shape index (κ1) is 10.6. The summed E-state index contributed by atoms with van der Waals surface area (Å²) in [4.78, 5) is 15.0. The van der Waals surface area contributed by atoms with Crippen LogP contribution in [-0.4, -0.2) is 15.8 Å². The summed E-state index contributed by atoms with van der Waals surface area (Å²) in [6, 6.07) is 7.53. The van der Waals surface area contributed by atoms with Crippen molar-refractivity contribution < 1.29 is 4.79 Å². The van der Waals surface area contributed by atoms with Crippen LogP contribution in [0.25, 0.3) is 5.69 Å². The van der Waals surface area contributed by atoms with E-state index >= 15 is 0 Å². The number of hydrogen-bond acceptors (Lipinski definition) is 2. The van der Waals surface area contributed by atoms with Gasteiger partial charge in [0, 0.05) is 30.1 Å². The van der Waals surface area contributed by atoms with E-state index in [0.717, 1.165) is 30.6 Å². The van der Waals surface area contributed by atoms with E-state index in [1.165, 1.54) is 0 Å². The summed E-state index contributed by atoms with van der Waals surface area (Å²) in [5, 5.41) is 0. The second-order valence-corrected chi connectivity index (χ2v) is 3.68. The van der Waals surface area contributed by atoms with Gasteiger partial charge in [-0.05, 0) is 18.6 Å². The first-order valence-corrected chi connectivity index (χ1v) is 5.43. The van der Waals surface area contributed by atoms with E-state index in [1.807, 2.05) is 29.0 Å².